The second-order valence-corrected chi connectivity index (χ2v) is 6.57. The smallest absolute Gasteiger partial charge is 0.349 e. The molecule has 11 heteroatoms. The summed E-state index contributed by atoms with van der Waals surface area (Å²) in [6.07, 6.45) is -6.75. The van der Waals surface area contributed by atoms with Crippen molar-refractivity contribution in [3.05, 3.63) is 22.5 Å². The molecule has 2 fully saturated rings. The summed E-state index contributed by atoms with van der Waals surface area (Å²) in [5.74, 6) is -1.36. The molecule has 146 valence electrons. The van der Waals surface area contributed by atoms with Gasteiger partial charge in [-0.15, -0.1) is 0 Å². The Kier molecular flexibility index (Phi) is 5.28. The molecule has 0 amide bonds. The van der Waals surface area contributed by atoms with Gasteiger partial charge in [-0.2, -0.15) is 4.98 Å². The van der Waals surface area contributed by atoms with Crippen molar-refractivity contribution in [2.24, 2.45) is 0 Å². The fourth-order valence-corrected chi connectivity index (χ4v) is 3.15. The van der Waals surface area contributed by atoms with Gasteiger partial charge in [-0.3, -0.25) is 4.57 Å². The average Bonchev–Trinajstić information content (AvgIpc) is 2.97. The topological polar surface area (TPSA) is 149 Å². The van der Waals surface area contributed by atoms with Gasteiger partial charge in [0.15, 0.2) is 17.9 Å². The number of halogens is 1. The van der Waals surface area contributed by atoms with Crippen LogP contribution in [0.15, 0.2) is 11.0 Å². The Balaban J connectivity index is 1.69. The minimum absolute atomic E-state index is 0.165. The van der Waals surface area contributed by atoms with Gasteiger partial charge in [0.1, 0.15) is 30.5 Å². The van der Waals surface area contributed by atoms with Crippen molar-refractivity contribution in [2.75, 3.05) is 5.73 Å². The maximum absolute atomic E-state index is 13.5. The summed E-state index contributed by atoms with van der Waals surface area (Å²) in [7, 11) is 0. The van der Waals surface area contributed by atoms with Crippen LogP contribution < -0.4 is 11.4 Å². The van der Waals surface area contributed by atoms with Crippen molar-refractivity contribution in [2.45, 2.75) is 69.4 Å². The molecule has 0 radical (unpaired) electrons. The van der Waals surface area contributed by atoms with E-state index >= 15 is 0 Å². The van der Waals surface area contributed by atoms with Crippen molar-refractivity contribution < 1.29 is 33.9 Å². The minimum atomic E-state index is -1.26. The molecule has 0 aromatic carbocycles. The molecule has 5 N–H and O–H groups in total. The van der Waals surface area contributed by atoms with Gasteiger partial charge in [-0.05, 0) is 13.8 Å². The molecule has 0 bridgehead atoms. The first-order chi connectivity index (χ1) is 12.2. The molecule has 0 unspecified atom stereocenters. The first-order valence-corrected chi connectivity index (χ1v) is 8.22. The van der Waals surface area contributed by atoms with Crippen LogP contribution in [0.5, 0.6) is 0 Å². The highest BCUT2D eigenvalue weighted by molar-refractivity contribution is 5.26. The van der Waals surface area contributed by atoms with E-state index in [1.165, 1.54) is 0 Å². The summed E-state index contributed by atoms with van der Waals surface area (Å²) < 4.78 is 31.0. The summed E-state index contributed by atoms with van der Waals surface area (Å²) in [6, 6.07) is 0. The Hall–Kier alpha value is -1.63. The molecule has 10 nitrogen and oxygen atoms in total. The third kappa shape index (κ3) is 3.46. The Labute approximate surface area is 147 Å². The third-order valence-electron chi connectivity index (χ3n) is 4.67. The summed E-state index contributed by atoms with van der Waals surface area (Å²) in [5, 5.41) is 30.1. The zero-order valence-electron chi connectivity index (χ0n) is 14.2. The predicted octanol–water partition coefficient (Wildman–Crippen LogP) is -2.04. The number of rotatable bonds is 4. The van der Waals surface area contributed by atoms with Gasteiger partial charge in [-0.1, -0.05) is 0 Å². The van der Waals surface area contributed by atoms with Crippen LogP contribution in [-0.4, -0.2) is 73.9 Å². The zero-order chi connectivity index (χ0) is 19.2. The second kappa shape index (κ2) is 7.18. The van der Waals surface area contributed by atoms with E-state index in [0.29, 0.717) is 0 Å². The lowest BCUT2D eigenvalue weighted by Crippen LogP contribution is -2.43. The van der Waals surface area contributed by atoms with Crippen molar-refractivity contribution >= 4 is 5.82 Å². The van der Waals surface area contributed by atoms with Crippen LogP contribution in [0.4, 0.5) is 10.2 Å². The van der Waals surface area contributed by atoms with E-state index in [1.807, 2.05) is 0 Å². The van der Waals surface area contributed by atoms with Crippen LogP contribution in [0.3, 0.4) is 0 Å². The summed E-state index contributed by atoms with van der Waals surface area (Å²) in [6.45, 7) is 3.06. The summed E-state index contributed by atoms with van der Waals surface area (Å²) >= 11 is 0. The number of ether oxygens (including phenoxy) is 3. The predicted molar refractivity (Wildman–Crippen MR) is 84.4 cm³/mol. The van der Waals surface area contributed by atoms with Crippen LogP contribution in [0.2, 0.25) is 0 Å². The lowest BCUT2D eigenvalue weighted by molar-refractivity contribution is -0.207. The number of nitrogen functional groups attached to an aromatic ring is 1. The number of aromatic nitrogens is 2. The van der Waals surface area contributed by atoms with Crippen molar-refractivity contribution in [1.82, 2.24) is 9.55 Å². The van der Waals surface area contributed by atoms with Gasteiger partial charge < -0.3 is 35.3 Å². The Morgan fingerprint density at radius 1 is 1.23 bits per heavy atom. The van der Waals surface area contributed by atoms with Crippen LogP contribution in [0.1, 0.15) is 13.8 Å². The SMILES string of the molecule is C[C@H]1O[C@H](O[C@H]2[C@@H](O)[C@H](Cn3cc(F)c(N)nc3=O)O[C@@H]2C)[C@H](O)[C@@H]1O. The Bertz CT molecular complexity index is 717. The van der Waals surface area contributed by atoms with Crippen molar-refractivity contribution in [3.63, 3.8) is 0 Å². The molecule has 2 aliphatic rings. The first-order valence-electron chi connectivity index (χ1n) is 8.22. The van der Waals surface area contributed by atoms with E-state index in [0.717, 1.165) is 10.8 Å². The molecule has 2 aliphatic heterocycles. The largest absolute Gasteiger partial charge is 0.388 e. The Morgan fingerprint density at radius 3 is 2.54 bits per heavy atom. The number of nitrogens with zero attached hydrogens (tertiary/aromatic N) is 2. The van der Waals surface area contributed by atoms with Gasteiger partial charge in [0.2, 0.25) is 0 Å². The molecule has 3 heterocycles. The maximum Gasteiger partial charge on any atom is 0.349 e. The fraction of sp³-hybridized carbons (Fsp3) is 0.733. The molecular weight excluding hydrogens is 353 g/mol. The van der Waals surface area contributed by atoms with Gasteiger partial charge in [0, 0.05) is 6.20 Å². The normalized spacial score (nSPS) is 40.2. The maximum atomic E-state index is 13.5. The first kappa shape index (κ1) is 19.1. The molecule has 0 saturated carbocycles. The van der Waals surface area contributed by atoms with Crippen LogP contribution >= 0.6 is 0 Å². The lowest BCUT2D eigenvalue weighted by atomic mass is 10.1. The van der Waals surface area contributed by atoms with E-state index in [4.69, 9.17) is 19.9 Å². The highest BCUT2D eigenvalue weighted by atomic mass is 19.1. The molecule has 3 rings (SSSR count). The molecule has 1 aromatic rings. The number of nitrogens with two attached hydrogens (primary N) is 1. The van der Waals surface area contributed by atoms with Crippen molar-refractivity contribution in [3.8, 4) is 0 Å². The lowest BCUT2D eigenvalue weighted by Gasteiger charge is -2.24. The molecule has 0 spiro atoms. The highest BCUT2D eigenvalue weighted by Crippen LogP contribution is 2.30. The van der Waals surface area contributed by atoms with Crippen LogP contribution in [0, 0.1) is 5.82 Å². The van der Waals surface area contributed by atoms with E-state index in [2.05, 4.69) is 4.98 Å². The molecular formula is C15H22FN3O7. The van der Waals surface area contributed by atoms with E-state index in [-0.39, 0.29) is 6.54 Å². The molecule has 0 aliphatic carbocycles. The average molecular weight is 375 g/mol. The van der Waals surface area contributed by atoms with E-state index in [1.54, 1.807) is 13.8 Å². The number of aliphatic hydroxyl groups is 3. The standard InChI is InChI=1S/C15H22FN3O7/c1-5-9(20)11(22)14(25-5)26-12-6(2)24-8(10(12)21)4-19-3-7(16)13(17)18-15(19)23/h3,5-6,8-12,14,20-22H,4H2,1-2H3,(H2,17,18,23)/t5-,6-,8+,9-,10+,11-,12-,14-/m1/s1. The summed E-state index contributed by atoms with van der Waals surface area (Å²) in [4.78, 5) is 15.1. The summed E-state index contributed by atoms with van der Waals surface area (Å²) in [5.41, 5.74) is 4.46. The van der Waals surface area contributed by atoms with Gasteiger partial charge in [0.25, 0.3) is 0 Å². The molecule has 2 saturated heterocycles. The molecule has 1 aromatic heterocycles. The van der Waals surface area contributed by atoms with Crippen LogP contribution in [-0.2, 0) is 20.8 Å². The van der Waals surface area contributed by atoms with Crippen molar-refractivity contribution in [1.29, 1.82) is 0 Å². The Morgan fingerprint density at radius 2 is 1.92 bits per heavy atom. The second-order valence-electron chi connectivity index (χ2n) is 6.57. The minimum Gasteiger partial charge on any atom is -0.388 e. The molecule has 26 heavy (non-hydrogen) atoms. The monoisotopic (exact) mass is 375 g/mol. The number of hydrogen-bond donors (Lipinski definition) is 4. The van der Waals surface area contributed by atoms with Crippen LogP contribution in [0.25, 0.3) is 0 Å². The highest BCUT2D eigenvalue weighted by Gasteiger charge is 2.48. The molecule has 8 atom stereocenters. The quantitative estimate of drug-likeness (QED) is 0.467. The number of anilines is 1. The number of aliphatic hydroxyl groups excluding tert-OH is 3. The van der Waals surface area contributed by atoms with Gasteiger partial charge in [0.05, 0.1) is 18.8 Å². The number of hydrogen-bond acceptors (Lipinski definition) is 9. The van der Waals surface area contributed by atoms with Gasteiger partial charge in [-0.25, -0.2) is 9.18 Å². The van der Waals surface area contributed by atoms with E-state index < -0.39 is 66.3 Å². The van der Waals surface area contributed by atoms with E-state index in [9.17, 15) is 24.5 Å². The van der Waals surface area contributed by atoms with Gasteiger partial charge >= 0.3 is 5.69 Å². The fourth-order valence-electron chi connectivity index (χ4n) is 3.15. The third-order valence-corrected chi connectivity index (χ3v) is 4.67. The zero-order valence-corrected chi connectivity index (χ0v) is 14.2.